The van der Waals surface area contributed by atoms with E-state index in [-0.39, 0.29) is 0 Å². The summed E-state index contributed by atoms with van der Waals surface area (Å²) >= 11 is 0. The van der Waals surface area contributed by atoms with Gasteiger partial charge in [0.1, 0.15) is 5.84 Å². The number of amidine groups is 1. The molecule has 1 saturated heterocycles. The smallest absolute Gasteiger partial charge is 0.139 e. The van der Waals surface area contributed by atoms with Crippen molar-refractivity contribution in [1.29, 1.82) is 0 Å². The first-order valence-electron chi connectivity index (χ1n) is 7.36. The van der Waals surface area contributed by atoms with Crippen molar-refractivity contribution in [3.05, 3.63) is 0 Å². The first kappa shape index (κ1) is 13.7. The number of rotatable bonds is 6. The van der Waals surface area contributed by atoms with Crippen LogP contribution in [0.3, 0.4) is 0 Å². The number of oxime groups is 1. The summed E-state index contributed by atoms with van der Waals surface area (Å²) in [6.45, 7) is 5.90. The van der Waals surface area contributed by atoms with E-state index in [1.807, 2.05) is 0 Å². The molecule has 1 aliphatic heterocycles. The van der Waals surface area contributed by atoms with E-state index < -0.39 is 0 Å². The summed E-state index contributed by atoms with van der Waals surface area (Å²) in [6.07, 6.45) is 8.65. The Morgan fingerprint density at radius 1 is 1.39 bits per heavy atom. The zero-order valence-corrected chi connectivity index (χ0v) is 11.6. The zero-order valence-electron chi connectivity index (χ0n) is 11.6. The predicted octanol–water partition coefficient (Wildman–Crippen LogP) is 2.42. The van der Waals surface area contributed by atoms with Gasteiger partial charge in [0.15, 0.2) is 0 Å². The van der Waals surface area contributed by atoms with Crippen molar-refractivity contribution in [2.75, 3.05) is 19.6 Å². The number of hydrogen-bond donors (Lipinski definition) is 2. The highest BCUT2D eigenvalue weighted by atomic mass is 16.4. The predicted molar refractivity (Wildman–Crippen MR) is 73.8 cm³/mol. The molecule has 2 aliphatic rings. The van der Waals surface area contributed by atoms with Gasteiger partial charge >= 0.3 is 0 Å². The van der Waals surface area contributed by atoms with E-state index in [4.69, 9.17) is 10.9 Å². The Bertz CT molecular complexity index is 291. The van der Waals surface area contributed by atoms with Crippen LogP contribution in [0.1, 0.15) is 51.9 Å². The van der Waals surface area contributed by atoms with Crippen molar-refractivity contribution in [2.24, 2.45) is 22.2 Å². The quantitative estimate of drug-likeness (QED) is 0.331. The van der Waals surface area contributed by atoms with Crippen molar-refractivity contribution >= 4 is 5.84 Å². The summed E-state index contributed by atoms with van der Waals surface area (Å²) in [5, 5.41) is 11.8. The number of piperidine rings is 1. The summed E-state index contributed by atoms with van der Waals surface area (Å²) in [6, 6.07) is 0. The molecule has 0 radical (unpaired) electrons. The van der Waals surface area contributed by atoms with Gasteiger partial charge in [0.2, 0.25) is 0 Å². The van der Waals surface area contributed by atoms with Crippen molar-refractivity contribution in [2.45, 2.75) is 51.9 Å². The van der Waals surface area contributed by atoms with E-state index in [9.17, 15) is 0 Å². The first-order chi connectivity index (χ1) is 8.67. The maximum atomic E-state index is 8.67. The van der Waals surface area contributed by atoms with Gasteiger partial charge in [0.25, 0.3) is 0 Å². The van der Waals surface area contributed by atoms with Crippen LogP contribution in [0.25, 0.3) is 0 Å². The molecule has 1 heterocycles. The molecule has 4 heteroatoms. The molecular formula is C14H27N3O. The lowest BCUT2D eigenvalue weighted by Crippen LogP contribution is -2.38. The highest BCUT2D eigenvalue weighted by Gasteiger charge is 2.44. The fourth-order valence-corrected chi connectivity index (χ4v) is 3.30. The van der Waals surface area contributed by atoms with Crippen LogP contribution in [-0.2, 0) is 0 Å². The van der Waals surface area contributed by atoms with Crippen molar-refractivity contribution < 1.29 is 5.21 Å². The molecule has 0 aromatic carbocycles. The molecule has 0 bridgehead atoms. The fourth-order valence-electron chi connectivity index (χ4n) is 3.30. The van der Waals surface area contributed by atoms with Gasteiger partial charge in [-0.15, -0.1) is 0 Å². The summed E-state index contributed by atoms with van der Waals surface area (Å²) < 4.78 is 0. The Morgan fingerprint density at radius 2 is 2.06 bits per heavy atom. The van der Waals surface area contributed by atoms with E-state index in [0.29, 0.717) is 11.3 Å². The van der Waals surface area contributed by atoms with Crippen LogP contribution in [0.15, 0.2) is 5.16 Å². The third-order valence-electron chi connectivity index (χ3n) is 4.60. The molecule has 18 heavy (non-hydrogen) atoms. The Morgan fingerprint density at radius 3 is 2.56 bits per heavy atom. The monoisotopic (exact) mass is 253 g/mol. The first-order valence-corrected chi connectivity index (χ1v) is 7.36. The highest BCUT2D eigenvalue weighted by Crippen LogP contribution is 2.49. The number of hydrogen-bond acceptors (Lipinski definition) is 3. The Balaban J connectivity index is 1.74. The molecule has 2 fully saturated rings. The molecule has 0 amide bonds. The van der Waals surface area contributed by atoms with E-state index >= 15 is 0 Å². The summed E-state index contributed by atoms with van der Waals surface area (Å²) in [5.41, 5.74) is 5.97. The third kappa shape index (κ3) is 3.61. The van der Waals surface area contributed by atoms with Gasteiger partial charge in [0.05, 0.1) is 0 Å². The molecule has 1 aliphatic carbocycles. The van der Waals surface area contributed by atoms with Gasteiger partial charge in [-0.25, -0.2) is 0 Å². The molecule has 4 nitrogen and oxygen atoms in total. The highest BCUT2D eigenvalue weighted by molar-refractivity contribution is 5.80. The second kappa shape index (κ2) is 5.91. The molecule has 0 spiro atoms. The van der Waals surface area contributed by atoms with Gasteiger partial charge < -0.3 is 15.8 Å². The van der Waals surface area contributed by atoms with Crippen molar-refractivity contribution in [3.63, 3.8) is 0 Å². The molecule has 0 atom stereocenters. The van der Waals surface area contributed by atoms with Crippen LogP contribution in [0.4, 0.5) is 0 Å². The minimum Gasteiger partial charge on any atom is -0.409 e. The topological polar surface area (TPSA) is 61.8 Å². The average Bonchev–Trinajstić information content (AvgIpc) is 3.11. The third-order valence-corrected chi connectivity index (χ3v) is 4.60. The average molecular weight is 253 g/mol. The lowest BCUT2D eigenvalue weighted by Gasteiger charge is -2.34. The summed E-state index contributed by atoms with van der Waals surface area (Å²) in [4.78, 5) is 2.59. The molecule has 0 aromatic heterocycles. The molecule has 2 rings (SSSR count). The molecule has 1 saturated carbocycles. The second-order valence-electron chi connectivity index (χ2n) is 6.28. The fraction of sp³-hybridized carbons (Fsp3) is 0.929. The minimum absolute atomic E-state index is 0.327. The van der Waals surface area contributed by atoms with Crippen molar-refractivity contribution in [1.82, 2.24) is 4.90 Å². The van der Waals surface area contributed by atoms with Crippen LogP contribution in [0.5, 0.6) is 0 Å². The number of likely N-dealkylation sites (tertiary alicyclic amines) is 1. The number of nitrogens with two attached hydrogens (primary N) is 1. The van der Waals surface area contributed by atoms with Crippen molar-refractivity contribution in [3.8, 4) is 0 Å². The van der Waals surface area contributed by atoms with Crippen LogP contribution in [0.2, 0.25) is 0 Å². The SMILES string of the molecule is CCCC1CCN(CC2(CC(N)=NO)CC2)CC1. The normalized spacial score (nSPS) is 25.3. The van der Waals surface area contributed by atoms with Crippen LogP contribution in [0, 0.1) is 11.3 Å². The summed E-state index contributed by atoms with van der Waals surface area (Å²) in [7, 11) is 0. The molecule has 3 N–H and O–H groups in total. The van der Waals surface area contributed by atoms with Gasteiger partial charge in [-0.3, -0.25) is 0 Å². The summed E-state index contributed by atoms with van der Waals surface area (Å²) in [5.74, 6) is 1.35. The van der Waals surface area contributed by atoms with E-state index in [2.05, 4.69) is 17.0 Å². The lowest BCUT2D eigenvalue weighted by atomic mass is 9.91. The molecular weight excluding hydrogens is 226 g/mol. The van der Waals surface area contributed by atoms with Gasteiger partial charge in [-0.05, 0) is 50.1 Å². The Kier molecular flexibility index (Phi) is 4.49. The van der Waals surface area contributed by atoms with Crippen LogP contribution in [-0.4, -0.2) is 35.6 Å². The minimum atomic E-state index is 0.327. The molecule has 104 valence electrons. The largest absolute Gasteiger partial charge is 0.409 e. The van der Waals surface area contributed by atoms with Gasteiger partial charge in [-0.1, -0.05) is 24.9 Å². The molecule has 0 aromatic rings. The van der Waals surface area contributed by atoms with Gasteiger partial charge in [-0.2, -0.15) is 0 Å². The zero-order chi connectivity index (χ0) is 13.0. The number of nitrogens with zero attached hydrogens (tertiary/aromatic N) is 2. The van der Waals surface area contributed by atoms with Crippen LogP contribution >= 0.6 is 0 Å². The maximum absolute atomic E-state index is 8.67. The van der Waals surface area contributed by atoms with E-state index in [0.717, 1.165) is 18.9 Å². The second-order valence-corrected chi connectivity index (χ2v) is 6.28. The standard InChI is InChI=1S/C14H27N3O/c1-2-3-12-4-8-17(9-5-12)11-14(6-7-14)10-13(15)16-18/h12,18H,2-11H2,1H3,(H2,15,16). The Hall–Kier alpha value is -0.770. The lowest BCUT2D eigenvalue weighted by molar-refractivity contribution is 0.150. The van der Waals surface area contributed by atoms with Crippen LogP contribution < -0.4 is 5.73 Å². The van der Waals surface area contributed by atoms with Gasteiger partial charge in [0, 0.05) is 13.0 Å². The Labute approximate surface area is 110 Å². The van der Waals surface area contributed by atoms with E-state index in [1.54, 1.807) is 0 Å². The van der Waals surface area contributed by atoms with E-state index in [1.165, 1.54) is 51.6 Å². The maximum Gasteiger partial charge on any atom is 0.139 e. The molecule has 0 unspecified atom stereocenters.